The lowest BCUT2D eigenvalue weighted by Gasteiger charge is -2.05. The van der Waals surface area contributed by atoms with Gasteiger partial charge in [-0.1, -0.05) is 13.8 Å². The second-order valence-electron chi connectivity index (χ2n) is 3.64. The molecule has 80 valence electrons. The van der Waals surface area contributed by atoms with Crippen LogP contribution in [0.25, 0.3) is 11.5 Å². The van der Waals surface area contributed by atoms with E-state index in [9.17, 15) is 0 Å². The molecule has 0 spiro atoms. The predicted octanol–water partition coefficient (Wildman–Crippen LogP) is 2.43. The average molecular weight is 206 g/mol. The van der Waals surface area contributed by atoms with Crippen LogP contribution in [-0.4, -0.2) is 11.0 Å². The number of aromatic nitrogens is 1. The molecule has 2 heterocycles. The Morgan fingerprint density at radius 3 is 2.93 bits per heavy atom. The fourth-order valence-electron chi connectivity index (χ4n) is 1.30. The van der Waals surface area contributed by atoms with E-state index < -0.39 is 0 Å². The van der Waals surface area contributed by atoms with Crippen LogP contribution in [0.5, 0.6) is 0 Å². The number of hydrogen-bond acceptors (Lipinski definition) is 4. The molecule has 1 N–H and O–H groups in total. The lowest BCUT2D eigenvalue weighted by Crippen LogP contribution is -2.22. The van der Waals surface area contributed by atoms with Gasteiger partial charge in [0, 0.05) is 12.6 Å². The van der Waals surface area contributed by atoms with Crippen LogP contribution in [0.2, 0.25) is 0 Å². The van der Waals surface area contributed by atoms with Crippen LogP contribution >= 0.6 is 0 Å². The topological polar surface area (TPSA) is 51.2 Å². The molecule has 2 aromatic heterocycles. The number of oxazole rings is 1. The van der Waals surface area contributed by atoms with Crippen molar-refractivity contribution in [3.63, 3.8) is 0 Å². The Morgan fingerprint density at radius 1 is 1.40 bits per heavy atom. The van der Waals surface area contributed by atoms with E-state index in [0.717, 1.165) is 5.69 Å². The quantitative estimate of drug-likeness (QED) is 0.834. The molecule has 0 aromatic carbocycles. The fraction of sp³-hybridized carbons (Fsp3) is 0.364. The molecule has 0 atom stereocenters. The van der Waals surface area contributed by atoms with E-state index in [2.05, 4.69) is 24.1 Å². The predicted molar refractivity (Wildman–Crippen MR) is 56.2 cm³/mol. The van der Waals surface area contributed by atoms with E-state index >= 15 is 0 Å². The number of nitrogens with one attached hydrogen (secondary N) is 1. The zero-order valence-corrected chi connectivity index (χ0v) is 8.86. The van der Waals surface area contributed by atoms with Crippen LogP contribution in [0.4, 0.5) is 0 Å². The number of hydrogen-bond donors (Lipinski definition) is 1. The molecule has 0 fully saturated rings. The second-order valence-corrected chi connectivity index (χ2v) is 3.64. The molecule has 0 aliphatic heterocycles. The van der Waals surface area contributed by atoms with Crippen molar-refractivity contribution >= 4 is 0 Å². The van der Waals surface area contributed by atoms with Gasteiger partial charge in [0.25, 0.3) is 0 Å². The average Bonchev–Trinajstić information content (AvgIpc) is 2.85. The van der Waals surface area contributed by atoms with E-state index in [-0.39, 0.29) is 0 Å². The van der Waals surface area contributed by atoms with Crippen molar-refractivity contribution in [2.45, 2.75) is 26.4 Å². The van der Waals surface area contributed by atoms with Crippen molar-refractivity contribution in [1.82, 2.24) is 10.3 Å². The van der Waals surface area contributed by atoms with Crippen molar-refractivity contribution in [2.24, 2.45) is 0 Å². The van der Waals surface area contributed by atoms with Gasteiger partial charge in [-0.15, -0.1) is 0 Å². The van der Waals surface area contributed by atoms with Gasteiger partial charge < -0.3 is 14.2 Å². The van der Waals surface area contributed by atoms with Crippen molar-refractivity contribution in [2.75, 3.05) is 0 Å². The third kappa shape index (κ3) is 2.27. The van der Waals surface area contributed by atoms with Crippen molar-refractivity contribution < 1.29 is 8.83 Å². The Hall–Kier alpha value is -1.55. The van der Waals surface area contributed by atoms with Gasteiger partial charge in [0.05, 0.1) is 6.26 Å². The normalized spacial score (nSPS) is 11.1. The summed E-state index contributed by atoms with van der Waals surface area (Å²) < 4.78 is 10.6. The monoisotopic (exact) mass is 206 g/mol. The second kappa shape index (κ2) is 4.31. The summed E-state index contributed by atoms with van der Waals surface area (Å²) in [6.45, 7) is 4.86. The first kappa shape index (κ1) is 9.98. The van der Waals surface area contributed by atoms with Crippen molar-refractivity contribution in [3.8, 4) is 11.5 Å². The minimum absolute atomic E-state index is 0.422. The van der Waals surface area contributed by atoms with Crippen LogP contribution in [0.3, 0.4) is 0 Å². The molecule has 4 nitrogen and oxygen atoms in total. The van der Waals surface area contributed by atoms with E-state index in [1.165, 1.54) is 6.39 Å². The summed E-state index contributed by atoms with van der Waals surface area (Å²) in [6.07, 6.45) is 3.06. The van der Waals surface area contributed by atoms with Crippen LogP contribution in [-0.2, 0) is 6.54 Å². The highest BCUT2D eigenvalue weighted by Crippen LogP contribution is 2.23. The fourth-order valence-corrected chi connectivity index (χ4v) is 1.30. The minimum Gasteiger partial charge on any atom is -0.461 e. The molecule has 0 aliphatic rings. The maximum Gasteiger partial charge on any atom is 0.194 e. The highest BCUT2D eigenvalue weighted by Gasteiger charge is 2.12. The van der Waals surface area contributed by atoms with E-state index in [4.69, 9.17) is 8.83 Å². The van der Waals surface area contributed by atoms with Gasteiger partial charge in [0.2, 0.25) is 0 Å². The Bertz CT molecular complexity index is 404. The molecule has 0 saturated heterocycles. The summed E-state index contributed by atoms with van der Waals surface area (Å²) in [7, 11) is 0. The van der Waals surface area contributed by atoms with E-state index in [1.54, 1.807) is 6.26 Å². The van der Waals surface area contributed by atoms with Crippen molar-refractivity contribution in [1.29, 1.82) is 0 Å². The molecule has 0 amide bonds. The minimum atomic E-state index is 0.422. The molecule has 0 radical (unpaired) electrons. The maximum absolute atomic E-state index is 5.30. The largest absolute Gasteiger partial charge is 0.461 e. The molecule has 0 unspecified atom stereocenters. The van der Waals surface area contributed by atoms with Gasteiger partial charge in [-0.2, -0.15) is 0 Å². The summed E-state index contributed by atoms with van der Waals surface area (Å²) in [4.78, 5) is 4.15. The van der Waals surface area contributed by atoms with Crippen LogP contribution < -0.4 is 5.32 Å². The molecule has 2 aromatic rings. The third-order valence-electron chi connectivity index (χ3n) is 2.06. The first-order valence-corrected chi connectivity index (χ1v) is 4.97. The van der Waals surface area contributed by atoms with Gasteiger partial charge >= 0.3 is 0 Å². The maximum atomic E-state index is 5.30. The molecular formula is C11H14N2O2. The summed E-state index contributed by atoms with van der Waals surface area (Å²) in [5.41, 5.74) is 0.874. The van der Waals surface area contributed by atoms with Crippen LogP contribution in [0.1, 0.15) is 19.5 Å². The van der Waals surface area contributed by atoms with Gasteiger partial charge in [-0.25, -0.2) is 4.98 Å². The van der Waals surface area contributed by atoms with Gasteiger partial charge in [0.1, 0.15) is 5.69 Å². The van der Waals surface area contributed by atoms with Gasteiger partial charge in [-0.3, -0.25) is 0 Å². The highest BCUT2D eigenvalue weighted by atomic mass is 16.4. The summed E-state index contributed by atoms with van der Waals surface area (Å²) in [5.74, 6) is 1.42. The summed E-state index contributed by atoms with van der Waals surface area (Å²) >= 11 is 0. The van der Waals surface area contributed by atoms with Gasteiger partial charge in [-0.05, 0) is 12.1 Å². The first-order valence-electron chi connectivity index (χ1n) is 4.97. The standard InChI is InChI=1S/C11H14N2O2/c1-8(2)12-6-9-11(15-7-13-9)10-4-3-5-14-10/h3-5,7-8,12H,6H2,1-2H3. The first-order chi connectivity index (χ1) is 7.27. The zero-order valence-electron chi connectivity index (χ0n) is 8.86. The molecule has 0 bridgehead atoms. The lowest BCUT2D eigenvalue weighted by molar-refractivity contribution is 0.516. The lowest BCUT2D eigenvalue weighted by atomic mass is 10.2. The van der Waals surface area contributed by atoms with E-state index in [0.29, 0.717) is 24.1 Å². The smallest absolute Gasteiger partial charge is 0.194 e. The molecule has 2 rings (SSSR count). The number of furan rings is 1. The Labute approximate surface area is 88.3 Å². The van der Waals surface area contributed by atoms with E-state index in [1.807, 2.05) is 12.1 Å². The highest BCUT2D eigenvalue weighted by molar-refractivity contribution is 5.52. The Morgan fingerprint density at radius 2 is 2.27 bits per heavy atom. The van der Waals surface area contributed by atoms with Gasteiger partial charge in [0.15, 0.2) is 17.9 Å². The molecule has 15 heavy (non-hydrogen) atoms. The summed E-state index contributed by atoms with van der Waals surface area (Å²) in [6, 6.07) is 4.11. The van der Waals surface area contributed by atoms with Crippen molar-refractivity contribution in [3.05, 3.63) is 30.5 Å². The third-order valence-corrected chi connectivity index (χ3v) is 2.06. The molecular weight excluding hydrogens is 192 g/mol. The number of nitrogens with zero attached hydrogens (tertiary/aromatic N) is 1. The summed E-state index contributed by atoms with van der Waals surface area (Å²) in [5, 5.41) is 3.29. The molecule has 4 heteroatoms. The Balaban J connectivity index is 2.16. The SMILES string of the molecule is CC(C)NCc1ncoc1-c1ccco1. The number of rotatable bonds is 4. The molecule has 0 saturated carbocycles. The zero-order chi connectivity index (χ0) is 10.7. The van der Waals surface area contributed by atoms with Crippen LogP contribution in [0.15, 0.2) is 33.6 Å². The van der Waals surface area contributed by atoms with Crippen LogP contribution in [0, 0.1) is 0 Å². The molecule has 0 aliphatic carbocycles. The Kier molecular flexibility index (Phi) is 2.87.